The van der Waals surface area contributed by atoms with Crippen LogP contribution in [0.15, 0.2) is 22.7 Å². The SMILES string of the molecule is Cc1cc(Br)cc(NC(=O)C2(C#N)CC2)c1. The zero-order valence-corrected chi connectivity index (χ0v) is 10.5. The minimum Gasteiger partial charge on any atom is -0.325 e. The lowest BCUT2D eigenvalue weighted by atomic mass is 10.1. The smallest absolute Gasteiger partial charge is 0.244 e. The molecule has 1 aliphatic carbocycles. The molecule has 0 spiro atoms. The number of halogens is 1. The van der Waals surface area contributed by atoms with Crippen LogP contribution in [-0.4, -0.2) is 5.91 Å². The number of benzene rings is 1. The van der Waals surface area contributed by atoms with Crippen LogP contribution in [0.25, 0.3) is 0 Å². The molecule has 1 aromatic rings. The second kappa shape index (κ2) is 3.91. The van der Waals surface area contributed by atoms with Gasteiger partial charge in [-0.15, -0.1) is 0 Å². The first-order valence-electron chi connectivity index (χ1n) is 5.06. The maximum Gasteiger partial charge on any atom is 0.244 e. The van der Waals surface area contributed by atoms with Gasteiger partial charge in [0.05, 0.1) is 6.07 Å². The first kappa shape index (κ1) is 11.2. The highest BCUT2D eigenvalue weighted by molar-refractivity contribution is 9.10. The van der Waals surface area contributed by atoms with Gasteiger partial charge in [0.1, 0.15) is 5.41 Å². The number of aryl methyl sites for hydroxylation is 1. The topological polar surface area (TPSA) is 52.9 Å². The van der Waals surface area contributed by atoms with Crippen LogP contribution in [0, 0.1) is 23.7 Å². The van der Waals surface area contributed by atoms with Crippen molar-refractivity contribution in [3.05, 3.63) is 28.2 Å². The van der Waals surface area contributed by atoms with Crippen LogP contribution in [0.1, 0.15) is 18.4 Å². The van der Waals surface area contributed by atoms with Gasteiger partial charge in [-0.2, -0.15) is 5.26 Å². The molecule has 0 heterocycles. The van der Waals surface area contributed by atoms with Crippen molar-refractivity contribution in [3.63, 3.8) is 0 Å². The molecule has 0 aromatic heterocycles. The molecule has 16 heavy (non-hydrogen) atoms. The minimum absolute atomic E-state index is 0.187. The molecule has 1 N–H and O–H groups in total. The van der Waals surface area contributed by atoms with E-state index >= 15 is 0 Å². The van der Waals surface area contributed by atoms with Gasteiger partial charge in [-0.1, -0.05) is 15.9 Å². The molecule has 0 bridgehead atoms. The van der Waals surface area contributed by atoms with E-state index in [0.29, 0.717) is 12.8 Å². The molecule has 1 fully saturated rings. The maximum absolute atomic E-state index is 11.8. The van der Waals surface area contributed by atoms with Gasteiger partial charge in [0.15, 0.2) is 0 Å². The van der Waals surface area contributed by atoms with E-state index in [1.807, 2.05) is 25.1 Å². The van der Waals surface area contributed by atoms with Crippen LogP contribution < -0.4 is 5.32 Å². The van der Waals surface area contributed by atoms with Gasteiger partial charge in [0.25, 0.3) is 0 Å². The molecule has 1 saturated carbocycles. The number of nitrogens with one attached hydrogen (secondary N) is 1. The normalized spacial score (nSPS) is 16.3. The van der Waals surface area contributed by atoms with E-state index in [1.54, 1.807) is 0 Å². The highest BCUT2D eigenvalue weighted by Gasteiger charge is 2.50. The molecule has 0 radical (unpaired) electrons. The second-order valence-corrected chi connectivity index (χ2v) is 5.08. The molecule has 0 unspecified atom stereocenters. The lowest BCUT2D eigenvalue weighted by molar-refractivity contribution is -0.119. The van der Waals surface area contributed by atoms with Crippen molar-refractivity contribution in [2.45, 2.75) is 19.8 Å². The van der Waals surface area contributed by atoms with Crippen LogP contribution >= 0.6 is 15.9 Å². The summed E-state index contributed by atoms with van der Waals surface area (Å²) in [5.41, 5.74) is 1.03. The molecular weight excluding hydrogens is 268 g/mol. The van der Waals surface area contributed by atoms with E-state index in [-0.39, 0.29) is 5.91 Å². The fourth-order valence-corrected chi connectivity index (χ4v) is 2.18. The zero-order valence-electron chi connectivity index (χ0n) is 8.88. The highest BCUT2D eigenvalue weighted by atomic mass is 79.9. The predicted octanol–water partition coefficient (Wildman–Crippen LogP) is 3.00. The van der Waals surface area contributed by atoms with Crippen LogP contribution in [0.2, 0.25) is 0 Å². The third-order valence-corrected chi connectivity index (χ3v) is 3.16. The van der Waals surface area contributed by atoms with Gasteiger partial charge < -0.3 is 5.32 Å². The third-order valence-electron chi connectivity index (χ3n) is 2.70. The summed E-state index contributed by atoms with van der Waals surface area (Å²) in [7, 11) is 0. The van der Waals surface area contributed by atoms with Crippen molar-refractivity contribution >= 4 is 27.5 Å². The molecule has 0 aliphatic heterocycles. The predicted molar refractivity (Wildman–Crippen MR) is 64.8 cm³/mol. The van der Waals surface area contributed by atoms with Crippen LogP contribution in [-0.2, 0) is 4.79 Å². The van der Waals surface area contributed by atoms with E-state index in [9.17, 15) is 4.79 Å². The standard InChI is InChI=1S/C12H11BrN2O/c1-8-4-9(13)6-10(5-8)15-11(16)12(7-14)2-3-12/h4-6H,2-3H2,1H3,(H,15,16). The summed E-state index contributed by atoms with van der Waals surface area (Å²) < 4.78 is 0.921. The first-order valence-corrected chi connectivity index (χ1v) is 5.85. The number of nitriles is 1. The Kier molecular flexibility index (Phi) is 2.73. The summed E-state index contributed by atoms with van der Waals surface area (Å²) >= 11 is 3.37. The van der Waals surface area contributed by atoms with Crippen molar-refractivity contribution in [3.8, 4) is 6.07 Å². The highest BCUT2D eigenvalue weighted by Crippen LogP contribution is 2.45. The number of hydrogen-bond acceptors (Lipinski definition) is 2. The molecule has 1 aromatic carbocycles. The van der Waals surface area contributed by atoms with Gasteiger partial charge in [-0.3, -0.25) is 4.79 Å². The number of anilines is 1. The molecule has 4 heteroatoms. The molecule has 3 nitrogen and oxygen atoms in total. The van der Waals surface area contributed by atoms with Gasteiger partial charge in [0, 0.05) is 10.2 Å². The first-order chi connectivity index (χ1) is 7.55. The van der Waals surface area contributed by atoms with Crippen molar-refractivity contribution in [2.24, 2.45) is 5.41 Å². The Hall–Kier alpha value is -1.34. The summed E-state index contributed by atoms with van der Waals surface area (Å²) in [4.78, 5) is 11.8. The van der Waals surface area contributed by atoms with Crippen LogP contribution in [0.3, 0.4) is 0 Å². The summed E-state index contributed by atoms with van der Waals surface area (Å²) in [6, 6.07) is 7.76. The zero-order chi connectivity index (χ0) is 11.8. The molecule has 1 aliphatic rings. The molecule has 1 amide bonds. The summed E-state index contributed by atoms with van der Waals surface area (Å²) in [5.74, 6) is -0.187. The summed E-state index contributed by atoms with van der Waals surface area (Å²) in [5, 5.41) is 11.7. The Morgan fingerprint density at radius 1 is 1.50 bits per heavy atom. The van der Waals surface area contributed by atoms with Crippen molar-refractivity contribution in [1.82, 2.24) is 0 Å². The molecule has 2 rings (SSSR count). The lowest BCUT2D eigenvalue weighted by Gasteiger charge is -2.09. The van der Waals surface area contributed by atoms with Crippen molar-refractivity contribution in [1.29, 1.82) is 5.26 Å². The monoisotopic (exact) mass is 278 g/mol. The van der Waals surface area contributed by atoms with E-state index in [2.05, 4.69) is 27.3 Å². The average Bonchev–Trinajstić information content (AvgIpc) is 2.96. The van der Waals surface area contributed by atoms with Crippen LogP contribution in [0.5, 0.6) is 0 Å². The Balaban J connectivity index is 2.16. The Labute approximate surface area is 103 Å². The number of nitrogens with zero attached hydrogens (tertiary/aromatic N) is 1. The average molecular weight is 279 g/mol. The number of carbonyl (C=O) groups excluding carboxylic acids is 1. The van der Waals surface area contributed by atoms with Gasteiger partial charge in [0.2, 0.25) is 5.91 Å². The second-order valence-electron chi connectivity index (χ2n) is 4.17. The Bertz CT molecular complexity index is 466. The molecule has 0 saturated heterocycles. The Morgan fingerprint density at radius 2 is 2.19 bits per heavy atom. The maximum atomic E-state index is 11.8. The Morgan fingerprint density at radius 3 is 2.69 bits per heavy atom. The largest absolute Gasteiger partial charge is 0.325 e. The number of rotatable bonds is 2. The minimum atomic E-state index is -0.768. The van der Waals surface area contributed by atoms with Gasteiger partial charge in [-0.05, 0) is 43.5 Å². The quantitative estimate of drug-likeness (QED) is 0.904. The van der Waals surface area contributed by atoms with Crippen LogP contribution in [0.4, 0.5) is 5.69 Å². The third kappa shape index (κ3) is 2.10. The fraction of sp³-hybridized carbons (Fsp3) is 0.333. The number of amides is 1. The van der Waals surface area contributed by atoms with Gasteiger partial charge >= 0.3 is 0 Å². The van der Waals surface area contributed by atoms with E-state index in [4.69, 9.17) is 5.26 Å². The molecule has 0 atom stereocenters. The van der Waals surface area contributed by atoms with Crippen molar-refractivity contribution in [2.75, 3.05) is 5.32 Å². The van der Waals surface area contributed by atoms with E-state index < -0.39 is 5.41 Å². The van der Waals surface area contributed by atoms with E-state index in [0.717, 1.165) is 15.7 Å². The van der Waals surface area contributed by atoms with Crippen molar-refractivity contribution < 1.29 is 4.79 Å². The van der Waals surface area contributed by atoms with Gasteiger partial charge in [-0.25, -0.2) is 0 Å². The summed E-state index contributed by atoms with van der Waals surface area (Å²) in [6.45, 7) is 1.96. The molecule has 82 valence electrons. The molecular formula is C12H11BrN2O. The summed E-state index contributed by atoms with van der Waals surface area (Å²) in [6.07, 6.45) is 1.34. The fourth-order valence-electron chi connectivity index (χ4n) is 1.57. The lowest BCUT2D eigenvalue weighted by Crippen LogP contribution is -2.22. The number of carbonyl (C=O) groups is 1. The number of hydrogen-bond donors (Lipinski definition) is 1. The van der Waals surface area contributed by atoms with E-state index in [1.165, 1.54) is 0 Å².